The van der Waals surface area contributed by atoms with Crippen LogP contribution in [0.15, 0.2) is 47.1 Å². The van der Waals surface area contributed by atoms with Crippen LogP contribution in [0.2, 0.25) is 0 Å². The second-order valence-corrected chi connectivity index (χ2v) is 4.92. The molecule has 0 atom stereocenters. The van der Waals surface area contributed by atoms with Gasteiger partial charge in [0.25, 0.3) is 5.91 Å². The predicted molar refractivity (Wildman–Crippen MR) is 87.9 cm³/mol. The number of furan rings is 1. The lowest BCUT2D eigenvalue weighted by Gasteiger charge is -2.15. The number of benzene rings is 1. The quantitative estimate of drug-likeness (QED) is 0.850. The number of nitrogens with zero attached hydrogens (tertiary/aromatic N) is 1. The molecular weight excluding hydrogens is 302 g/mol. The zero-order valence-electron chi connectivity index (χ0n) is 12.1. The highest BCUT2D eigenvalue weighted by atomic mass is 32.1. The molecule has 1 aromatic heterocycles. The molecule has 0 bridgehead atoms. The van der Waals surface area contributed by atoms with E-state index >= 15 is 0 Å². The summed E-state index contributed by atoms with van der Waals surface area (Å²) in [6, 6.07) is 10.3. The van der Waals surface area contributed by atoms with Gasteiger partial charge in [-0.1, -0.05) is 0 Å². The second-order valence-electron chi connectivity index (χ2n) is 4.51. The van der Waals surface area contributed by atoms with E-state index in [0.717, 1.165) is 5.69 Å². The normalized spacial score (nSPS) is 9.91. The van der Waals surface area contributed by atoms with Gasteiger partial charge in [0.2, 0.25) is 5.91 Å². The summed E-state index contributed by atoms with van der Waals surface area (Å²) in [6.07, 6.45) is 1.41. The maximum absolute atomic E-state index is 11.7. The number of hydrogen-bond donors (Lipinski definition) is 2. The first kappa shape index (κ1) is 15.7. The number of amides is 2. The fourth-order valence-electron chi connectivity index (χ4n) is 1.68. The third-order valence-corrected chi connectivity index (χ3v) is 3.16. The molecule has 2 aromatic rings. The Morgan fingerprint density at radius 1 is 1.18 bits per heavy atom. The molecule has 6 nitrogen and oxygen atoms in total. The molecule has 22 heavy (non-hydrogen) atoms. The van der Waals surface area contributed by atoms with E-state index in [2.05, 4.69) is 10.6 Å². The first-order valence-corrected chi connectivity index (χ1v) is 6.88. The number of nitrogens with one attached hydrogen (secondary N) is 2. The maximum atomic E-state index is 11.7. The summed E-state index contributed by atoms with van der Waals surface area (Å²) in [5, 5.41) is 5.56. The SMILES string of the molecule is CC(=O)N(C)c1ccc(NC(=S)NC(=O)c2ccco2)cc1. The largest absolute Gasteiger partial charge is 0.459 e. The van der Waals surface area contributed by atoms with Crippen LogP contribution >= 0.6 is 12.2 Å². The van der Waals surface area contributed by atoms with Crippen LogP contribution in [0, 0.1) is 0 Å². The van der Waals surface area contributed by atoms with Crippen molar-refractivity contribution in [3.8, 4) is 0 Å². The molecule has 0 aliphatic carbocycles. The fraction of sp³-hybridized carbons (Fsp3) is 0.133. The molecule has 0 saturated heterocycles. The Balaban J connectivity index is 1.94. The topological polar surface area (TPSA) is 74.6 Å². The van der Waals surface area contributed by atoms with Crippen molar-refractivity contribution in [1.29, 1.82) is 0 Å². The van der Waals surface area contributed by atoms with Crippen LogP contribution in [0.3, 0.4) is 0 Å². The van der Waals surface area contributed by atoms with Crippen molar-refractivity contribution >= 4 is 40.5 Å². The van der Waals surface area contributed by atoms with Crippen molar-refractivity contribution < 1.29 is 14.0 Å². The molecule has 0 aliphatic heterocycles. The molecule has 0 radical (unpaired) electrons. The van der Waals surface area contributed by atoms with Crippen molar-refractivity contribution in [2.24, 2.45) is 0 Å². The lowest BCUT2D eigenvalue weighted by Crippen LogP contribution is -2.33. The van der Waals surface area contributed by atoms with Crippen LogP contribution in [0.4, 0.5) is 11.4 Å². The molecule has 7 heteroatoms. The minimum atomic E-state index is -0.421. The highest BCUT2D eigenvalue weighted by Crippen LogP contribution is 2.16. The van der Waals surface area contributed by atoms with Crippen LogP contribution < -0.4 is 15.5 Å². The molecule has 2 rings (SSSR count). The predicted octanol–water partition coefficient (Wildman–Crippen LogP) is 2.39. The minimum absolute atomic E-state index is 0.0538. The van der Waals surface area contributed by atoms with Crippen LogP contribution in [0.5, 0.6) is 0 Å². The molecule has 2 amide bonds. The van der Waals surface area contributed by atoms with E-state index in [-0.39, 0.29) is 16.8 Å². The number of hydrogen-bond acceptors (Lipinski definition) is 4. The summed E-state index contributed by atoms with van der Waals surface area (Å²) in [5.74, 6) is -0.292. The van der Waals surface area contributed by atoms with E-state index < -0.39 is 5.91 Å². The first-order chi connectivity index (χ1) is 10.5. The third-order valence-electron chi connectivity index (χ3n) is 2.96. The average Bonchev–Trinajstić information content (AvgIpc) is 3.01. The van der Waals surface area contributed by atoms with Gasteiger partial charge in [0.05, 0.1) is 6.26 Å². The Labute approximate surface area is 133 Å². The van der Waals surface area contributed by atoms with Gasteiger partial charge in [-0.2, -0.15) is 0 Å². The molecule has 0 spiro atoms. The van der Waals surface area contributed by atoms with Crippen molar-refractivity contribution in [3.05, 3.63) is 48.4 Å². The van der Waals surface area contributed by atoms with Gasteiger partial charge in [-0.15, -0.1) is 0 Å². The zero-order chi connectivity index (χ0) is 16.1. The first-order valence-electron chi connectivity index (χ1n) is 6.47. The highest BCUT2D eigenvalue weighted by molar-refractivity contribution is 7.80. The Kier molecular flexibility index (Phi) is 4.90. The molecule has 0 aliphatic rings. The van der Waals surface area contributed by atoms with Gasteiger partial charge < -0.3 is 14.6 Å². The lowest BCUT2D eigenvalue weighted by molar-refractivity contribution is -0.116. The van der Waals surface area contributed by atoms with Gasteiger partial charge in [0, 0.05) is 25.3 Å². The average molecular weight is 317 g/mol. The summed E-state index contributed by atoms with van der Waals surface area (Å²) in [5.41, 5.74) is 1.47. The Bertz CT molecular complexity index is 681. The number of thiocarbonyl (C=S) groups is 1. The number of anilines is 2. The summed E-state index contributed by atoms with van der Waals surface area (Å²) in [4.78, 5) is 24.6. The summed E-state index contributed by atoms with van der Waals surface area (Å²) in [6.45, 7) is 1.49. The molecule has 114 valence electrons. The molecule has 1 heterocycles. The van der Waals surface area contributed by atoms with Crippen molar-refractivity contribution in [1.82, 2.24) is 5.32 Å². The van der Waals surface area contributed by atoms with Crippen LogP contribution in [0.1, 0.15) is 17.5 Å². The van der Waals surface area contributed by atoms with Crippen molar-refractivity contribution in [2.45, 2.75) is 6.92 Å². The van der Waals surface area contributed by atoms with E-state index in [9.17, 15) is 9.59 Å². The van der Waals surface area contributed by atoms with Crippen LogP contribution in [-0.2, 0) is 4.79 Å². The van der Waals surface area contributed by atoms with E-state index in [0.29, 0.717) is 5.69 Å². The smallest absolute Gasteiger partial charge is 0.293 e. The Morgan fingerprint density at radius 3 is 2.41 bits per heavy atom. The van der Waals surface area contributed by atoms with Gasteiger partial charge in [-0.05, 0) is 48.6 Å². The monoisotopic (exact) mass is 317 g/mol. The number of rotatable bonds is 3. The number of carbonyl (C=O) groups is 2. The van der Waals surface area contributed by atoms with Gasteiger partial charge in [-0.3, -0.25) is 14.9 Å². The second kappa shape index (κ2) is 6.86. The minimum Gasteiger partial charge on any atom is -0.459 e. The van der Waals surface area contributed by atoms with E-state index in [1.165, 1.54) is 18.1 Å². The molecule has 0 fully saturated rings. The summed E-state index contributed by atoms with van der Waals surface area (Å²) in [7, 11) is 1.69. The summed E-state index contributed by atoms with van der Waals surface area (Å²) < 4.78 is 4.97. The third kappa shape index (κ3) is 3.92. The van der Waals surface area contributed by atoms with E-state index in [1.54, 1.807) is 43.4 Å². The Hall–Kier alpha value is -2.67. The van der Waals surface area contributed by atoms with E-state index in [4.69, 9.17) is 16.6 Å². The lowest BCUT2D eigenvalue weighted by atomic mass is 10.2. The molecular formula is C15H15N3O3S. The Morgan fingerprint density at radius 2 is 1.86 bits per heavy atom. The van der Waals surface area contributed by atoms with Gasteiger partial charge in [0.1, 0.15) is 0 Å². The molecule has 2 N–H and O–H groups in total. The molecule has 1 aromatic carbocycles. The van der Waals surface area contributed by atoms with E-state index in [1.807, 2.05) is 0 Å². The van der Waals surface area contributed by atoms with Crippen molar-refractivity contribution in [3.63, 3.8) is 0 Å². The highest BCUT2D eigenvalue weighted by Gasteiger charge is 2.10. The van der Waals surface area contributed by atoms with Gasteiger partial charge in [-0.25, -0.2) is 0 Å². The van der Waals surface area contributed by atoms with Gasteiger partial charge in [0.15, 0.2) is 10.9 Å². The summed E-state index contributed by atoms with van der Waals surface area (Å²) >= 11 is 5.06. The fourth-order valence-corrected chi connectivity index (χ4v) is 1.90. The van der Waals surface area contributed by atoms with Crippen LogP contribution in [0.25, 0.3) is 0 Å². The number of carbonyl (C=O) groups excluding carboxylic acids is 2. The molecule has 0 saturated carbocycles. The van der Waals surface area contributed by atoms with Crippen molar-refractivity contribution in [2.75, 3.05) is 17.3 Å². The maximum Gasteiger partial charge on any atom is 0.293 e. The van der Waals surface area contributed by atoms with Gasteiger partial charge >= 0.3 is 0 Å². The standard InChI is InChI=1S/C15H15N3O3S/c1-10(19)18(2)12-7-5-11(6-8-12)16-15(22)17-14(20)13-4-3-9-21-13/h3-9H,1-2H3,(H2,16,17,20,22). The molecule has 0 unspecified atom stereocenters. The van der Waals surface area contributed by atoms with Crippen LogP contribution in [-0.4, -0.2) is 24.0 Å². The zero-order valence-corrected chi connectivity index (χ0v) is 12.9.